The Labute approximate surface area is 323 Å². The van der Waals surface area contributed by atoms with Crippen LogP contribution in [0.2, 0.25) is 0 Å². The van der Waals surface area contributed by atoms with Crippen molar-refractivity contribution in [1.29, 1.82) is 0 Å². The van der Waals surface area contributed by atoms with Crippen LogP contribution in [0.15, 0.2) is 205 Å². The summed E-state index contributed by atoms with van der Waals surface area (Å²) in [6.45, 7) is 0. The van der Waals surface area contributed by atoms with Crippen molar-refractivity contribution in [3.05, 3.63) is 200 Å². The Morgan fingerprint density at radius 2 is 0.964 bits per heavy atom. The number of fused-ring (bicyclic) bond motifs is 6. The quantitative estimate of drug-likeness (QED) is 0.172. The maximum Gasteiger partial charge on any atom is 0.160 e. The zero-order chi connectivity index (χ0) is 37.0. The molecule has 0 aliphatic rings. The van der Waals surface area contributed by atoms with Crippen molar-refractivity contribution < 1.29 is 4.42 Å². The van der Waals surface area contributed by atoms with E-state index in [9.17, 15) is 0 Å². The Balaban J connectivity index is 1.12. The minimum atomic E-state index is 0.703. The van der Waals surface area contributed by atoms with E-state index in [4.69, 9.17) is 14.4 Å². The fourth-order valence-electron chi connectivity index (χ4n) is 8.23. The minimum Gasteiger partial charge on any atom is -0.455 e. The molecule has 0 N–H and O–H groups in total. The molecule has 4 nitrogen and oxygen atoms in total. The van der Waals surface area contributed by atoms with E-state index in [1.165, 1.54) is 10.8 Å². The van der Waals surface area contributed by atoms with Crippen LogP contribution in [0.25, 0.3) is 106 Å². The molecule has 11 rings (SSSR count). The lowest BCUT2D eigenvalue weighted by Gasteiger charge is -2.13. The van der Waals surface area contributed by atoms with Gasteiger partial charge in [-0.1, -0.05) is 158 Å². The van der Waals surface area contributed by atoms with Crippen molar-refractivity contribution >= 4 is 43.7 Å². The Hall–Kier alpha value is -7.56. The van der Waals surface area contributed by atoms with Gasteiger partial charge in [0.15, 0.2) is 5.82 Å². The van der Waals surface area contributed by atoms with Crippen molar-refractivity contribution in [2.45, 2.75) is 0 Å². The Bertz CT molecular complexity index is 3180. The van der Waals surface area contributed by atoms with E-state index in [0.29, 0.717) is 5.82 Å². The van der Waals surface area contributed by atoms with E-state index < -0.39 is 0 Å². The summed E-state index contributed by atoms with van der Waals surface area (Å²) in [5, 5.41) is 4.61. The first-order valence-corrected chi connectivity index (χ1v) is 18.9. The van der Waals surface area contributed by atoms with Gasteiger partial charge in [-0.15, -0.1) is 0 Å². The lowest BCUT2D eigenvalue weighted by molar-refractivity contribution is 0.670. The van der Waals surface area contributed by atoms with Gasteiger partial charge in [0, 0.05) is 49.5 Å². The highest BCUT2D eigenvalue weighted by Crippen LogP contribution is 2.43. The largest absolute Gasteiger partial charge is 0.455 e. The van der Waals surface area contributed by atoms with Gasteiger partial charge in [0.2, 0.25) is 0 Å². The normalized spacial score (nSPS) is 11.6. The van der Waals surface area contributed by atoms with Crippen LogP contribution in [0, 0.1) is 0 Å². The number of hydrogen-bond donors (Lipinski definition) is 0. The fourth-order valence-corrected chi connectivity index (χ4v) is 8.23. The smallest absolute Gasteiger partial charge is 0.160 e. The predicted octanol–water partition coefficient (Wildman–Crippen LogP) is 13.8. The monoisotopic (exact) mass is 715 g/mol. The molecule has 56 heavy (non-hydrogen) atoms. The summed E-state index contributed by atoms with van der Waals surface area (Å²) < 4.78 is 8.97. The number of aromatic nitrogens is 3. The van der Waals surface area contributed by atoms with Gasteiger partial charge in [-0.2, -0.15) is 0 Å². The third kappa shape index (κ3) is 5.31. The molecule has 11 aromatic rings. The third-order valence-electron chi connectivity index (χ3n) is 10.8. The highest BCUT2D eigenvalue weighted by Gasteiger charge is 2.20. The van der Waals surface area contributed by atoms with E-state index in [1.54, 1.807) is 0 Å². The predicted molar refractivity (Wildman–Crippen MR) is 231 cm³/mol. The van der Waals surface area contributed by atoms with Crippen LogP contribution >= 0.6 is 0 Å². The number of para-hydroxylation sites is 2. The fraction of sp³-hybridized carbons (Fsp3) is 0. The summed E-state index contributed by atoms with van der Waals surface area (Å²) >= 11 is 0. The van der Waals surface area contributed by atoms with Gasteiger partial charge in [-0.3, -0.25) is 0 Å². The molecule has 0 unspecified atom stereocenters. The molecule has 262 valence electrons. The first-order chi connectivity index (χ1) is 27.8. The molecule has 0 atom stereocenters. The molecular formula is C52H33N3O. The van der Waals surface area contributed by atoms with Crippen molar-refractivity contribution in [3.63, 3.8) is 0 Å². The lowest BCUT2D eigenvalue weighted by Crippen LogP contribution is -1.96. The van der Waals surface area contributed by atoms with Crippen LogP contribution < -0.4 is 0 Å². The number of nitrogens with zero attached hydrogens (tertiary/aromatic N) is 3. The molecule has 0 amide bonds. The first-order valence-electron chi connectivity index (χ1n) is 18.9. The van der Waals surface area contributed by atoms with Crippen molar-refractivity contribution in [2.24, 2.45) is 0 Å². The number of benzene rings is 8. The van der Waals surface area contributed by atoms with E-state index in [2.05, 4.69) is 174 Å². The van der Waals surface area contributed by atoms with Crippen molar-refractivity contribution in [2.75, 3.05) is 0 Å². The first kappa shape index (κ1) is 31.9. The highest BCUT2D eigenvalue weighted by atomic mass is 16.3. The summed E-state index contributed by atoms with van der Waals surface area (Å²) in [6, 6.07) is 70.3. The highest BCUT2D eigenvalue weighted by molar-refractivity contribution is 6.17. The van der Waals surface area contributed by atoms with Crippen molar-refractivity contribution in [1.82, 2.24) is 14.5 Å². The average molecular weight is 716 g/mol. The standard InChI is InChI=1S/C52H33N3O/c1-4-16-34(17-5-1)43-31-39(32-44-41-24-11-13-29-49(41)56-51(43)44)55-47-27-12-10-25-42(47)50-40(26-15-28-48(50)55)37-22-14-23-38(30-37)46-33-45(35-18-6-2-7-19-35)53-52(54-46)36-20-8-3-9-21-36/h1-33H. The molecule has 4 heteroatoms. The van der Waals surface area contributed by atoms with Crippen LogP contribution in [0.3, 0.4) is 0 Å². The maximum atomic E-state index is 6.56. The molecule has 0 saturated heterocycles. The summed E-state index contributed by atoms with van der Waals surface area (Å²) in [4.78, 5) is 10.2. The van der Waals surface area contributed by atoms with Gasteiger partial charge in [0.05, 0.1) is 22.4 Å². The molecule has 0 radical (unpaired) electrons. The second-order valence-electron chi connectivity index (χ2n) is 14.2. The van der Waals surface area contributed by atoms with Crippen molar-refractivity contribution in [3.8, 4) is 61.8 Å². The Kier molecular flexibility index (Phi) is 7.46. The van der Waals surface area contributed by atoms with Crippen LogP contribution in [0.5, 0.6) is 0 Å². The molecule has 0 aliphatic carbocycles. The lowest BCUT2D eigenvalue weighted by atomic mass is 9.96. The molecule has 0 aliphatic heterocycles. The maximum absolute atomic E-state index is 6.56. The third-order valence-corrected chi connectivity index (χ3v) is 10.8. The molecule has 3 aromatic heterocycles. The van der Waals surface area contributed by atoms with Gasteiger partial charge in [0.1, 0.15) is 11.2 Å². The van der Waals surface area contributed by atoms with Crippen LogP contribution in [0.1, 0.15) is 0 Å². The second kappa shape index (κ2) is 13.1. The van der Waals surface area contributed by atoms with Gasteiger partial charge in [-0.05, 0) is 59.2 Å². The van der Waals surface area contributed by atoms with E-state index in [0.717, 1.165) is 89.0 Å². The summed E-state index contributed by atoms with van der Waals surface area (Å²) in [6.07, 6.45) is 0. The Morgan fingerprint density at radius 1 is 0.375 bits per heavy atom. The number of rotatable bonds is 6. The van der Waals surface area contributed by atoms with Gasteiger partial charge < -0.3 is 8.98 Å². The summed E-state index contributed by atoms with van der Waals surface area (Å²) in [5.41, 5.74) is 14.5. The molecule has 0 saturated carbocycles. The molecular weight excluding hydrogens is 683 g/mol. The Morgan fingerprint density at radius 3 is 1.75 bits per heavy atom. The van der Waals surface area contributed by atoms with Crippen LogP contribution in [-0.2, 0) is 0 Å². The molecule has 8 aromatic carbocycles. The zero-order valence-corrected chi connectivity index (χ0v) is 30.3. The topological polar surface area (TPSA) is 43.9 Å². The van der Waals surface area contributed by atoms with Crippen LogP contribution in [0.4, 0.5) is 0 Å². The minimum absolute atomic E-state index is 0.703. The average Bonchev–Trinajstić information content (AvgIpc) is 3.83. The summed E-state index contributed by atoms with van der Waals surface area (Å²) in [7, 11) is 0. The second-order valence-corrected chi connectivity index (χ2v) is 14.2. The summed E-state index contributed by atoms with van der Waals surface area (Å²) in [5.74, 6) is 0.703. The SMILES string of the molecule is c1ccc(-c2cc(-c3cccc(-c4cccc5c4c4ccccc4n5-c4cc(-c5ccccc5)c5oc6ccccc6c5c4)c3)nc(-c3ccccc3)n2)cc1. The van der Waals surface area contributed by atoms with E-state index in [1.807, 2.05) is 30.3 Å². The van der Waals surface area contributed by atoms with Crippen LogP contribution in [-0.4, -0.2) is 14.5 Å². The molecule has 0 fully saturated rings. The van der Waals surface area contributed by atoms with Gasteiger partial charge in [0.25, 0.3) is 0 Å². The number of furan rings is 1. The molecule has 3 heterocycles. The number of hydrogen-bond acceptors (Lipinski definition) is 3. The van der Waals surface area contributed by atoms with E-state index in [-0.39, 0.29) is 0 Å². The zero-order valence-electron chi connectivity index (χ0n) is 30.3. The van der Waals surface area contributed by atoms with E-state index >= 15 is 0 Å². The van der Waals surface area contributed by atoms with Gasteiger partial charge >= 0.3 is 0 Å². The van der Waals surface area contributed by atoms with Gasteiger partial charge in [-0.25, -0.2) is 9.97 Å². The molecule has 0 spiro atoms. The molecule has 0 bridgehead atoms.